The van der Waals surface area contributed by atoms with Gasteiger partial charge in [-0.3, -0.25) is 15.0 Å². The number of nitrogens with zero attached hydrogens (tertiary/aromatic N) is 3. The van der Waals surface area contributed by atoms with E-state index in [0.717, 1.165) is 11.4 Å². The molecule has 0 saturated heterocycles. The summed E-state index contributed by atoms with van der Waals surface area (Å²) in [6.45, 7) is 4.05. The summed E-state index contributed by atoms with van der Waals surface area (Å²) in [5.41, 5.74) is 2.84. The third-order valence-corrected chi connectivity index (χ3v) is 2.85. The maximum atomic E-state index is 13.5. The highest BCUT2D eigenvalue weighted by molar-refractivity contribution is 6.70. The van der Waals surface area contributed by atoms with E-state index in [2.05, 4.69) is 20.3 Å². The normalized spacial score (nSPS) is 15.4. The minimum Gasteiger partial charge on any atom is -0.338 e. The fraction of sp³-hybridized carbons (Fsp3) is 0.308. The van der Waals surface area contributed by atoms with Gasteiger partial charge in [0, 0.05) is 18.3 Å². The molecule has 2 rings (SSSR count). The molecule has 0 unspecified atom stereocenters. The smallest absolute Gasteiger partial charge is 0.152 e. The molecule has 0 amide bonds. The maximum absolute atomic E-state index is 13.5. The van der Waals surface area contributed by atoms with E-state index in [1.54, 1.807) is 20.0 Å². The van der Waals surface area contributed by atoms with Crippen molar-refractivity contribution in [3.8, 4) is 0 Å². The lowest BCUT2D eigenvalue weighted by molar-refractivity contribution is 0.619. The minimum absolute atomic E-state index is 0.241. The maximum Gasteiger partial charge on any atom is 0.152 e. The van der Waals surface area contributed by atoms with Crippen LogP contribution in [0.25, 0.3) is 0 Å². The molecule has 0 aromatic heterocycles. The van der Waals surface area contributed by atoms with Crippen LogP contribution in [0.2, 0.25) is 0 Å². The number of aliphatic imine (C=N–C) groups is 3. The van der Waals surface area contributed by atoms with E-state index in [0.29, 0.717) is 23.8 Å². The van der Waals surface area contributed by atoms with E-state index in [1.165, 1.54) is 6.07 Å². The molecule has 0 radical (unpaired) electrons. The van der Waals surface area contributed by atoms with Crippen LogP contribution in [0.1, 0.15) is 12.5 Å². The Morgan fingerprint density at radius 1 is 1.33 bits per heavy atom. The van der Waals surface area contributed by atoms with Gasteiger partial charge in [0.25, 0.3) is 0 Å². The van der Waals surface area contributed by atoms with E-state index in [4.69, 9.17) is 0 Å². The number of hydrogen-bond donors (Lipinski definition) is 1. The van der Waals surface area contributed by atoms with E-state index in [1.807, 2.05) is 13.0 Å². The topological polar surface area (TPSA) is 49.1 Å². The Bertz CT molecular complexity index is 558. The number of benzene rings is 1. The number of hydrogen-bond acceptors (Lipinski definition) is 3. The largest absolute Gasteiger partial charge is 0.338 e. The van der Waals surface area contributed by atoms with Crippen LogP contribution in [-0.4, -0.2) is 31.0 Å². The Kier molecular flexibility index (Phi) is 3.50. The Labute approximate surface area is 105 Å². The van der Waals surface area contributed by atoms with Gasteiger partial charge in [0.05, 0.1) is 5.71 Å². The van der Waals surface area contributed by atoms with Crippen molar-refractivity contribution in [2.75, 3.05) is 19.0 Å². The monoisotopic (exact) mass is 246 g/mol. The summed E-state index contributed by atoms with van der Waals surface area (Å²) in [5, 5.41) is 3.11. The van der Waals surface area contributed by atoms with Crippen LogP contribution in [-0.2, 0) is 0 Å². The molecule has 1 aliphatic heterocycles. The first-order chi connectivity index (χ1) is 8.63. The molecule has 94 valence electrons. The third-order valence-electron chi connectivity index (χ3n) is 2.85. The molecule has 0 bridgehead atoms. The van der Waals surface area contributed by atoms with Crippen molar-refractivity contribution in [2.45, 2.75) is 13.8 Å². The molecule has 1 N–H and O–H groups in total. The summed E-state index contributed by atoms with van der Waals surface area (Å²) in [6.07, 6.45) is 0. The van der Waals surface area contributed by atoms with Gasteiger partial charge in [-0.1, -0.05) is 6.07 Å². The molecule has 1 heterocycles. The van der Waals surface area contributed by atoms with Crippen molar-refractivity contribution in [1.82, 2.24) is 0 Å². The van der Waals surface area contributed by atoms with Gasteiger partial charge in [0.1, 0.15) is 18.2 Å². The highest BCUT2D eigenvalue weighted by atomic mass is 19.1. The summed E-state index contributed by atoms with van der Waals surface area (Å²) in [5.74, 6) is 0.372. The molecule has 1 aromatic carbocycles. The Balaban J connectivity index is 2.28. The number of rotatable bonds is 2. The van der Waals surface area contributed by atoms with E-state index in [-0.39, 0.29) is 5.82 Å². The summed E-state index contributed by atoms with van der Waals surface area (Å²) in [4.78, 5) is 12.6. The molecule has 1 aliphatic rings. The van der Waals surface area contributed by atoms with Crippen molar-refractivity contribution in [3.05, 3.63) is 29.6 Å². The van der Waals surface area contributed by atoms with Crippen LogP contribution in [0, 0.1) is 12.7 Å². The lowest BCUT2D eigenvalue weighted by atomic mass is 10.1. The first kappa shape index (κ1) is 12.4. The van der Waals surface area contributed by atoms with Crippen molar-refractivity contribution in [1.29, 1.82) is 0 Å². The highest BCUT2D eigenvalue weighted by Gasteiger charge is 2.16. The van der Waals surface area contributed by atoms with Gasteiger partial charge in [0.2, 0.25) is 0 Å². The Hall–Kier alpha value is -2.04. The van der Waals surface area contributed by atoms with Gasteiger partial charge in [-0.2, -0.15) is 0 Å². The van der Waals surface area contributed by atoms with E-state index < -0.39 is 0 Å². The first-order valence-corrected chi connectivity index (χ1v) is 5.68. The molecule has 4 nitrogen and oxygen atoms in total. The van der Waals surface area contributed by atoms with Crippen LogP contribution in [0.15, 0.2) is 33.2 Å². The molecule has 0 aliphatic carbocycles. The SMILES string of the molecule is CN=C(Nc1cccc(F)c1C)C1=NCN=C1C. The zero-order valence-corrected chi connectivity index (χ0v) is 10.7. The number of anilines is 1. The van der Waals surface area contributed by atoms with Gasteiger partial charge in [-0.25, -0.2) is 4.39 Å². The summed E-state index contributed by atoms with van der Waals surface area (Å²) in [6, 6.07) is 4.91. The molecule has 0 fully saturated rings. The molecule has 5 heteroatoms. The quantitative estimate of drug-likeness (QED) is 0.632. The van der Waals surface area contributed by atoms with Crippen LogP contribution >= 0.6 is 0 Å². The molecule has 0 spiro atoms. The van der Waals surface area contributed by atoms with E-state index >= 15 is 0 Å². The average molecular weight is 246 g/mol. The molecule has 0 saturated carbocycles. The van der Waals surface area contributed by atoms with Gasteiger partial charge in [-0.15, -0.1) is 0 Å². The third kappa shape index (κ3) is 2.30. The fourth-order valence-corrected chi connectivity index (χ4v) is 1.74. The standard InChI is InChI=1S/C13H15FN4/c1-8-10(14)5-4-6-11(8)18-13(15-3)12-9(2)16-7-17-12/h4-6H,7H2,1-3H3,(H,15,18). The van der Waals surface area contributed by atoms with Crippen molar-refractivity contribution < 1.29 is 4.39 Å². The average Bonchev–Trinajstić information content (AvgIpc) is 2.77. The van der Waals surface area contributed by atoms with Gasteiger partial charge in [0.15, 0.2) is 5.84 Å². The first-order valence-electron chi connectivity index (χ1n) is 5.68. The zero-order valence-electron chi connectivity index (χ0n) is 10.7. The zero-order chi connectivity index (χ0) is 13.1. The van der Waals surface area contributed by atoms with Gasteiger partial charge >= 0.3 is 0 Å². The van der Waals surface area contributed by atoms with Crippen LogP contribution in [0.5, 0.6) is 0 Å². The predicted octanol–water partition coefficient (Wildman–Crippen LogP) is 2.45. The van der Waals surface area contributed by atoms with Crippen molar-refractivity contribution in [2.24, 2.45) is 15.0 Å². The lowest BCUT2D eigenvalue weighted by Gasteiger charge is -2.12. The molecular formula is C13H15FN4. The second-order valence-electron chi connectivity index (χ2n) is 4.00. The predicted molar refractivity (Wildman–Crippen MR) is 73.5 cm³/mol. The van der Waals surface area contributed by atoms with Crippen molar-refractivity contribution in [3.63, 3.8) is 0 Å². The van der Waals surface area contributed by atoms with Gasteiger partial charge in [-0.05, 0) is 26.0 Å². The van der Waals surface area contributed by atoms with E-state index in [9.17, 15) is 4.39 Å². The molecule has 0 atom stereocenters. The minimum atomic E-state index is -0.241. The van der Waals surface area contributed by atoms with Crippen LogP contribution in [0.4, 0.5) is 10.1 Å². The van der Waals surface area contributed by atoms with Gasteiger partial charge < -0.3 is 5.32 Å². The molecule has 18 heavy (non-hydrogen) atoms. The van der Waals surface area contributed by atoms with Crippen LogP contribution < -0.4 is 5.32 Å². The highest BCUT2D eigenvalue weighted by Crippen LogP contribution is 2.18. The van der Waals surface area contributed by atoms with Crippen LogP contribution in [0.3, 0.4) is 0 Å². The molecule has 1 aromatic rings. The Morgan fingerprint density at radius 3 is 2.72 bits per heavy atom. The summed E-state index contributed by atoms with van der Waals surface area (Å²) in [7, 11) is 1.67. The summed E-state index contributed by atoms with van der Waals surface area (Å²) >= 11 is 0. The fourth-order valence-electron chi connectivity index (χ4n) is 1.74. The number of halogens is 1. The molecular weight excluding hydrogens is 231 g/mol. The lowest BCUT2D eigenvalue weighted by Crippen LogP contribution is -2.27. The number of amidine groups is 1. The second kappa shape index (κ2) is 5.08. The Morgan fingerprint density at radius 2 is 2.11 bits per heavy atom. The number of nitrogens with one attached hydrogen (secondary N) is 1. The summed E-state index contributed by atoms with van der Waals surface area (Å²) < 4.78 is 13.5. The second-order valence-corrected chi connectivity index (χ2v) is 4.00. The van der Waals surface area contributed by atoms with Crippen molar-refractivity contribution >= 4 is 22.9 Å².